The average molecular weight is 556 g/mol. The number of carboxylic acids is 1. The number of anilines is 1. The van der Waals surface area contributed by atoms with Crippen molar-refractivity contribution in [1.29, 1.82) is 0 Å². The third-order valence-electron chi connectivity index (χ3n) is 8.26. The summed E-state index contributed by atoms with van der Waals surface area (Å²) in [6.07, 6.45) is 1.04. The Morgan fingerprint density at radius 3 is 2.59 bits per heavy atom. The van der Waals surface area contributed by atoms with Gasteiger partial charge in [-0.2, -0.15) is 0 Å². The van der Waals surface area contributed by atoms with Gasteiger partial charge in [0.1, 0.15) is 12.6 Å². The van der Waals surface area contributed by atoms with Gasteiger partial charge < -0.3 is 24.8 Å². The number of carbonyl (C=O) groups excluding carboxylic acids is 2. The number of hydrogen-bond donors (Lipinski definition) is 2. The second kappa shape index (κ2) is 11.7. The van der Waals surface area contributed by atoms with Crippen LogP contribution in [-0.4, -0.2) is 72.9 Å². The molecule has 9 nitrogen and oxygen atoms in total. The van der Waals surface area contributed by atoms with E-state index >= 15 is 0 Å². The van der Waals surface area contributed by atoms with E-state index in [0.717, 1.165) is 53.9 Å². The topological polar surface area (TPSA) is 108 Å². The number of ether oxygens (including phenoxy) is 2. The minimum absolute atomic E-state index is 0.0386. The minimum atomic E-state index is -1.15. The van der Waals surface area contributed by atoms with Gasteiger partial charge in [0, 0.05) is 37.8 Å². The number of hydrogen-bond acceptors (Lipinski definition) is 6. The van der Waals surface area contributed by atoms with Gasteiger partial charge in [0.25, 0.3) is 0 Å². The summed E-state index contributed by atoms with van der Waals surface area (Å²) in [6.45, 7) is 3.22. The number of carbonyl (C=O) groups is 3. The van der Waals surface area contributed by atoms with Gasteiger partial charge in [0.05, 0.1) is 13.2 Å². The third kappa shape index (κ3) is 5.82. The molecule has 41 heavy (non-hydrogen) atoms. The number of nitrogens with zero attached hydrogens (tertiary/aromatic N) is 2. The first-order chi connectivity index (χ1) is 20.0. The van der Waals surface area contributed by atoms with Gasteiger partial charge in [0.15, 0.2) is 0 Å². The maximum atomic E-state index is 12.8. The SMILES string of the molecule is O=C(N[C@@H](Cc1ccc(N2CCN(C3CCOC3)CC2=O)cc1)C(=O)O)OCc1cccc2c1Cc1ccccc1-2. The monoisotopic (exact) mass is 555 g/mol. The zero-order valence-corrected chi connectivity index (χ0v) is 22.8. The summed E-state index contributed by atoms with van der Waals surface area (Å²) in [5.41, 5.74) is 7.11. The summed E-state index contributed by atoms with van der Waals surface area (Å²) in [7, 11) is 0. The molecule has 2 atom stereocenters. The lowest BCUT2D eigenvalue weighted by Gasteiger charge is -2.37. The number of piperazine rings is 1. The van der Waals surface area contributed by atoms with Crippen LogP contribution in [0, 0.1) is 0 Å². The molecule has 212 valence electrons. The van der Waals surface area contributed by atoms with Gasteiger partial charge >= 0.3 is 12.1 Å². The van der Waals surface area contributed by atoms with E-state index in [9.17, 15) is 19.5 Å². The van der Waals surface area contributed by atoms with Crippen LogP contribution >= 0.6 is 0 Å². The van der Waals surface area contributed by atoms with Crippen molar-refractivity contribution >= 4 is 23.7 Å². The molecular weight excluding hydrogens is 522 g/mol. The van der Waals surface area contributed by atoms with Crippen molar-refractivity contribution in [1.82, 2.24) is 10.2 Å². The predicted octanol–water partition coefficient (Wildman–Crippen LogP) is 3.62. The second-order valence-corrected chi connectivity index (χ2v) is 10.8. The fourth-order valence-corrected chi connectivity index (χ4v) is 6.02. The van der Waals surface area contributed by atoms with E-state index in [1.165, 1.54) is 11.1 Å². The van der Waals surface area contributed by atoms with Crippen molar-refractivity contribution in [2.75, 3.05) is 37.7 Å². The fourth-order valence-electron chi connectivity index (χ4n) is 6.02. The van der Waals surface area contributed by atoms with Gasteiger partial charge in [-0.3, -0.25) is 9.69 Å². The number of aliphatic carboxylic acids is 1. The van der Waals surface area contributed by atoms with Gasteiger partial charge in [-0.25, -0.2) is 9.59 Å². The van der Waals surface area contributed by atoms with Gasteiger partial charge in [-0.05, 0) is 58.4 Å². The highest BCUT2D eigenvalue weighted by atomic mass is 16.5. The molecule has 2 fully saturated rings. The van der Waals surface area contributed by atoms with E-state index in [1.54, 1.807) is 17.0 Å². The molecule has 2 saturated heterocycles. The molecule has 9 heteroatoms. The van der Waals surface area contributed by atoms with Crippen molar-refractivity contribution < 1.29 is 29.0 Å². The number of carboxylic acid groups (broad SMARTS) is 1. The summed E-state index contributed by atoms with van der Waals surface area (Å²) < 4.78 is 10.9. The Bertz CT molecular complexity index is 1450. The zero-order chi connectivity index (χ0) is 28.3. The van der Waals surface area contributed by atoms with E-state index in [-0.39, 0.29) is 18.9 Å². The van der Waals surface area contributed by atoms with Gasteiger partial charge in [-0.15, -0.1) is 0 Å². The Hall–Kier alpha value is -4.21. The maximum absolute atomic E-state index is 12.8. The molecule has 2 N–H and O–H groups in total. The van der Waals surface area contributed by atoms with E-state index in [1.807, 2.05) is 36.4 Å². The summed E-state index contributed by atoms with van der Waals surface area (Å²) >= 11 is 0. The van der Waals surface area contributed by atoms with Crippen LogP contribution in [0.15, 0.2) is 66.7 Å². The summed E-state index contributed by atoms with van der Waals surface area (Å²) in [5, 5.41) is 12.3. The highest BCUT2D eigenvalue weighted by molar-refractivity contribution is 5.95. The number of amides is 2. The Balaban J connectivity index is 1.03. The third-order valence-corrected chi connectivity index (χ3v) is 8.26. The first-order valence-corrected chi connectivity index (χ1v) is 14.0. The first kappa shape index (κ1) is 27.0. The predicted molar refractivity (Wildman–Crippen MR) is 153 cm³/mol. The van der Waals surface area contributed by atoms with Crippen LogP contribution in [0.5, 0.6) is 0 Å². The normalized spacial score (nSPS) is 19.0. The average Bonchev–Trinajstić information content (AvgIpc) is 3.65. The molecule has 0 radical (unpaired) electrons. The number of alkyl carbamates (subject to hydrolysis) is 1. The Morgan fingerprint density at radius 2 is 1.83 bits per heavy atom. The molecule has 3 aromatic carbocycles. The Kier molecular flexibility index (Phi) is 7.71. The molecule has 3 aliphatic rings. The van der Waals surface area contributed by atoms with Crippen LogP contribution in [0.3, 0.4) is 0 Å². The van der Waals surface area contributed by atoms with Crippen molar-refractivity contribution in [3.63, 3.8) is 0 Å². The van der Waals surface area contributed by atoms with Crippen LogP contribution in [0.4, 0.5) is 10.5 Å². The molecule has 1 unspecified atom stereocenters. The van der Waals surface area contributed by atoms with E-state index in [2.05, 4.69) is 28.4 Å². The van der Waals surface area contributed by atoms with Crippen LogP contribution in [0.1, 0.15) is 28.7 Å². The molecule has 0 spiro atoms. The van der Waals surface area contributed by atoms with Crippen molar-refractivity contribution in [3.05, 3.63) is 89.0 Å². The molecule has 2 amide bonds. The fraction of sp³-hybridized carbons (Fsp3) is 0.344. The largest absolute Gasteiger partial charge is 0.480 e. The number of nitrogens with one attached hydrogen (secondary N) is 1. The van der Waals surface area contributed by atoms with E-state index in [0.29, 0.717) is 25.7 Å². The lowest BCUT2D eigenvalue weighted by atomic mass is 10.0. The second-order valence-electron chi connectivity index (χ2n) is 10.8. The van der Waals surface area contributed by atoms with Crippen molar-refractivity contribution in [3.8, 4) is 11.1 Å². The first-order valence-electron chi connectivity index (χ1n) is 14.0. The highest BCUT2D eigenvalue weighted by Crippen LogP contribution is 2.38. The lowest BCUT2D eigenvalue weighted by Crippen LogP contribution is -2.53. The Labute approximate surface area is 238 Å². The van der Waals surface area contributed by atoms with E-state index in [4.69, 9.17) is 9.47 Å². The van der Waals surface area contributed by atoms with Crippen LogP contribution < -0.4 is 10.2 Å². The molecule has 3 aromatic rings. The molecular formula is C32H33N3O6. The van der Waals surface area contributed by atoms with E-state index < -0.39 is 18.1 Å². The molecule has 0 bridgehead atoms. The van der Waals surface area contributed by atoms with Gasteiger partial charge in [0.2, 0.25) is 5.91 Å². The zero-order valence-electron chi connectivity index (χ0n) is 22.8. The van der Waals surface area contributed by atoms with Crippen molar-refractivity contribution in [2.45, 2.75) is 38.0 Å². The van der Waals surface area contributed by atoms with Gasteiger partial charge in [-0.1, -0.05) is 54.6 Å². The molecule has 6 rings (SSSR count). The number of fused-ring (bicyclic) bond motifs is 3. The smallest absolute Gasteiger partial charge is 0.408 e. The highest BCUT2D eigenvalue weighted by Gasteiger charge is 2.31. The van der Waals surface area contributed by atoms with Crippen LogP contribution in [0.2, 0.25) is 0 Å². The quantitative estimate of drug-likeness (QED) is 0.342. The standard InChI is InChI=1S/C32H33N3O6/c36-30-18-34(25-12-15-40-20-25)13-14-35(30)24-10-8-21(9-11-24)16-29(31(37)38)33-32(39)41-19-23-5-3-7-27-26-6-2-1-4-22(26)17-28(23)27/h1-11,25,29H,12-20H2,(H,33,39)(H,37,38)/t25?,29-/m0/s1. The molecule has 0 aromatic heterocycles. The molecule has 2 aliphatic heterocycles. The number of benzene rings is 3. The lowest BCUT2D eigenvalue weighted by molar-refractivity contribution is -0.139. The summed E-state index contributed by atoms with van der Waals surface area (Å²) in [5.74, 6) is -1.11. The molecule has 1 aliphatic carbocycles. The maximum Gasteiger partial charge on any atom is 0.408 e. The number of rotatable bonds is 8. The molecule has 0 saturated carbocycles. The van der Waals surface area contributed by atoms with Crippen molar-refractivity contribution in [2.24, 2.45) is 0 Å². The summed E-state index contributed by atoms with van der Waals surface area (Å²) in [6, 6.07) is 20.6. The minimum Gasteiger partial charge on any atom is -0.480 e. The Morgan fingerprint density at radius 1 is 1.02 bits per heavy atom. The van der Waals surface area contributed by atoms with Crippen LogP contribution in [0.25, 0.3) is 11.1 Å². The van der Waals surface area contributed by atoms with Crippen LogP contribution in [-0.2, 0) is 38.5 Å². The molecule has 2 heterocycles. The summed E-state index contributed by atoms with van der Waals surface area (Å²) in [4.78, 5) is 41.3.